The van der Waals surface area contributed by atoms with Crippen LogP contribution >= 0.6 is 0 Å². The van der Waals surface area contributed by atoms with Crippen molar-refractivity contribution < 1.29 is 28.1 Å². The smallest absolute Gasteiger partial charge is 0.305 e. The standard InChI is InChI=1S/C18H35FO5/c1-2-3-4-5-6-7-8-9-18(20)24-17-16-23-15-14-22-13-12-21-11-10-19/h2-17H2,1H3. The molecule has 0 rings (SSSR count). The van der Waals surface area contributed by atoms with Crippen molar-refractivity contribution in [3.63, 3.8) is 0 Å². The lowest BCUT2D eigenvalue weighted by Gasteiger charge is -2.07. The average Bonchev–Trinajstić information content (AvgIpc) is 2.59. The van der Waals surface area contributed by atoms with Crippen molar-refractivity contribution in [2.45, 2.75) is 58.3 Å². The lowest BCUT2D eigenvalue weighted by atomic mass is 10.1. The number of rotatable bonds is 19. The van der Waals surface area contributed by atoms with E-state index in [2.05, 4.69) is 6.92 Å². The molecule has 0 fully saturated rings. The van der Waals surface area contributed by atoms with Crippen LogP contribution in [-0.4, -0.2) is 58.9 Å². The Morgan fingerprint density at radius 1 is 0.708 bits per heavy atom. The minimum absolute atomic E-state index is 0.115. The lowest BCUT2D eigenvalue weighted by molar-refractivity contribution is -0.145. The fourth-order valence-electron chi connectivity index (χ4n) is 2.11. The minimum Gasteiger partial charge on any atom is -0.463 e. The second-order valence-corrected chi connectivity index (χ2v) is 5.62. The Bertz CT molecular complexity index is 264. The number of esters is 1. The number of carbonyl (C=O) groups excluding carboxylic acids is 1. The first kappa shape index (κ1) is 23.3. The lowest BCUT2D eigenvalue weighted by Crippen LogP contribution is -2.14. The van der Waals surface area contributed by atoms with Gasteiger partial charge in [-0.2, -0.15) is 0 Å². The summed E-state index contributed by atoms with van der Waals surface area (Å²) in [6.07, 6.45) is 8.83. The summed E-state index contributed by atoms with van der Waals surface area (Å²) < 4.78 is 32.3. The summed E-state index contributed by atoms with van der Waals surface area (Å²) in [4.78, 5) is 11.5. The van der Waals surface area contributed by atoms with E-state index in [9.17, 15) is 9.18 Å². The Morgan fingerprint density at radius 2 is 1.21 bits per heavy atom. The molecular formula is C18H35FO5. The molecule has 0 aliphatic rings. The van der Waals surface area contributed by atoms with E-state index >= 15 is 0 Å². The van der Waals surface area contributed by atoms with E-state index in [1.807, 2.05) is 0 Å². The van der Waals surface area contributed by atoms with Crippen molar-refractivity contribution in [2.24, 2.45) is 0 Å². The molecule has 0 aliphatic heterocycles. The van der Waals surface area contributed by atoms with Crippen LogP contribution in [0.1, 0.15) is 58.3 Å². The first-order valence-corrected chi connectivity index (χ1v) is 9.26. The predicted molar refractivity (Wildman–Crippen MR) is 92.0 cm³/mol. The molecule has 0 spiro atoms. The quantitative estimate of drug-likeness (QED) is 0.263. The van der Waals surface area contributed by atoms with Gasteiger partial charge in [0, 0.05) is 6.42 Å². The van der Waals surface area contributed by atoms with Gasteiger partial charge in [0.05, 0.1) is 39.6 Å². The third-order valence-electron chi connectivity index (χ3n) is 3.44. The van der Waals surface area contributed by atoms with Crippen LogP contribution in [0.5, 0.6) is 0 Å². The molecule has 0 heterocycles. The van der Waals surface area contributed by atoms with Gasteiger partial charge in [0.25, 0.3) is 0 Å². The van der Waals surface area contributed by atoms with Crippen molar-refractivity contribution in [2.75, 3.05) is 52.9 Å². The number of unbranched alkanes of at least 4 members (excludes halogenated alkanes) is 6. The summed E-state index contributed by atoms with van der Waals surface area (Å²) in [5.41, 5.74) is 0. The molecular weight excluding hydrogens is 315 g/mol. The minimum atomic E-state index is -0.471. The molecule has 0 aromatic heterocycles. The molecule has 24 heavy (non-hydrogen) atoms. The van der Waals surface area contributed by atoms with Gasteiger partial charge in [-0.15, -0.1) is 0 Å². The number of carbonyl (C=O) groups is 1. The molecule has 0 bridgehead atoms. The zero-order valence-corrected chi connectivity index (χ0v) is 15.2. The van der Waals surface area contributed by atoms with Crippen LogP contribution in [0.15, 0.2) is 0 Å². The average molecular weight is 350 g/mol. The molecule has 5 nitrogen and oxygen atoms in total. The number of halogens is 1. The molecule has 0 amide bonds. The van der Waals surface area contributed by atoms with Gasteiger partial charge < -0.3 is 18.9 Å². The molecule has 0 saturated carbocycles. The highest BCUT2D eigenvalue weighted by Crippen LogP contribution is 2.08. The van der Waals surface area contributed by atoms with Gasteiger partial charge in [0.15, 0.2) is 0 Å². The Morgan fingerprint density at radius 3 is 1.79 bits per heavy atom. The van der Waals surface area contributed by atoms with E-state index < -0.39 is 6.67 Å². The van der Waals surface area contributed by atoms with Crippen molar-refractivity contribution in [1.82, 2.24) is 0 Å². The van der Waals surface area contributed by atoms with Crippen LogP contribution in [0.2, 0.25) is 0 Å². The van der Waals surface area contributed by atoms with E-state index in [4.69, 9.17) is 18.9 Å². The number of ether oxygens (including phenoxy) is 4. The highest BCUT2D eigenvalue weighted by molar-refractivity contribution is 5.69. The van der Waals surface area contributed by atoms with Crippen LogP contribution in [0.3, 0.4) is 0 Å². The summed E-state index contributed by atoms with van der Waals surface area (Å²) in [5.74, 6) is -0.145. The molecule has 0 N–H and O–H groups in total. The number of hydrogen-bond acceptors (Lipinski definition) is 5. The van der Waals surface area contributed by atoms with Crippen molar-refractivity contribution in [1.29, 1.82) is 0 Å². The van der Waals surface area contributed by atoms with Crippen LogP contribution in [-0.2, 0) is 23.7 Å². The normalized spacial score (nSPS) is 10.9. The summed E-state index contributed by atoms with van der Waals surface area (Å²) in [5, 5.41) is 0. The Kier molecular flexibility index (Phi) is 19.7. The number of alkyl halides is 1. The van der Waals surface area contributed by atoms with E-state index in [0.29, 0.717) is 39.5 Å². The molecule has 144 valence electrons. The highest BCUT2D eigenvalue weighted by atomic mass is 19.1. The molecule has 0 aromatic rings. The van der Waals surface area contributed by atoms with E-state index in [-0.39, 0.29) is 19.2 Å². The summed E-state index contributed by atoms with van der Waals surface area (Å²) in [6, 6.07) is 0. The fourth-order valence-corrected chi connectivity index (χ4v) is 2.11. The molecule has 6 heteroatoms. The van der Waals surface area contributed by atoms with E-state index in [1.165, 1.54) is 32.1 Å². The maximum Gasteiger partial charge on any atom is 0.305 e. The SMILES string of the molecule is CCCCCCCCCC(=O)OCCOCCOCCOCCF. The van der Waals surface area contributed by atoms with Crippen LogP contribution < -0.4 is 0 Å². The highest BCUT2D eigenvalue weighted by Gasteiger charge is 2.02. The van der Waals surface area contributed by atoms with Gasteiger partial charge in [-0.3, -0.25) is 4.79 Å². The maximum atomic E-state index is 11.7. The molecule has 0 atom stereocenters. The molecule has 0 radical (unpaired) electrons. The van der Waals surface area contributed by atoms with Crippen molar-refractivity contribution in [3.05, 3.63) is 0 Å². The molecule has 0 aliphatic carbocycles. The first-order chi connectivity index (χ1) is 11.8. The van der Waals surface area contributed by atoms with E-state index in [1.54, 1.807) is 0 Å². The molecule has 0 unspecified atom stereocenters. The Balaban J connectivity index is 3.12. The van der Waals surface area contributed by atoms with Crippen LogP contribution in [0, 0.1) is 0 Å². The van der Waals surface area contributed by atoms with Gasteiger partial charge in [-0.05, 0) is 6.42 Å². The summed E-state index contributed by atoms with van der Waals surface area (Å²) >= 11 is 0. The largest absolute Gasteiger partial charge is 0.463 e. The third kappa shape index (κ3) is 19.3. The fraction of sp³-hybridized carbons (Fsp3) is 0.944. The summed E-state index contributed by atoms with van der Waals surface area (Å²) in [6.45, 7) is 4.23. The second-order valence-electron chi connectivity index (χ2n) is 5.62. The Labute approximate surface area is 146 Å². The monoisotopic (exact) mass is 350 g/mol. The predicted octanol–water partition coefficient (Wildman–Crippen LogP) is 3.69. The zero-order valence-electron chi connectivity index (χ0n) is 15.2. The molecule has 0 saturated heterocycles. The number of hydrogen-bond donors (Lipinski definition) is 0. The van der Waals surface area contributed by atoms with E-state index in [0.717, 1.165) is 12.8 Å². The van der Waals surface area contributed by atoms with Crippen molar-refractivity contribution in [3.8, 4) is 0 Å². The topological polar surface area (TPSA) is 54.0 Å². The zero-order chi connectivity index (χ0) is 17.7. The Hall–Kier alpha value is -0.720. The van der Waals surface area contributed by atoms with Gasteiger partial charge in [0.2, 0.25) is 0 Å². The maximum absolute atomic E-state index is 11.7. The van der Waals surface area contributed by atoms with Crippen molar-refractivity contribution >= 4 is 5.97 Å². The van der Waals surface area contributed by atoms with Gasteiger partial charge in [0.1, 0.15) is 13.3 Å². The molecule has 0 aromatic carbocycles. The van der Waals surface area contributed by atoms with Crippen LogP contribution in [0.4, 0.5) is 4.39 Å². The second kappa shape index (κ2) is 20.3. The van der Waals surface area contributed by atoms with Gasteiger partial charge in [-0.1, -0.05) is 45.4 Å². The van der Waals surface area contributed by atoms with Gasteiger partial charge in [-0.25, -0.2) is 4.39 Å². The van der Waals surface area contributed by atoms with Gasteiger partial charge >= 0.3 is 5.97 Å². The van der Waals surface area contributed by atoms with Crippen LogP contribution in [0.25, 0.3) is 0 Å². The first-order valence-electron chi connectivity index (χ1n) is 9.26. The summed E-state index contributed by atoms with van der Waals surface area (Å²) in [7, 11) is 0. The third-order valence-corrected chi connectivity index (χ3v) is 3.44.